The second kappa shape index (κ2) is 10.0. The van der Waals surface area contributed by atoms with Crippen LogP contribution in [0.15, 0.2) is 42.5 Å². The van der Waals surface area contributed by atoms with Gasteiger partial charge >= 0.3 is 0 Å². The molecule has 0 fully saturated rings. The number of halogens is 1. The van der Waals surface area contributed by atoms with Crippen LogP contribution in [0.4, 0.5) is 0 Å². The van der Waals surface area contributed by atoms with Crippen molar-refractivity contribution >= 4 is 12.4 Å². The quantitative estimate of drug-likeness (QED) is 0.636. The first-order valence-electron chi connectivity index (χ1n) is 7.52. The molecule has 0 aromatic heterocycles. The van der Waals surface area contributed by atoms with Crippen molar-refractivity contribution < 1.29 is 19.7 Å². The molecule has 6 heteroatoms. The highest BCUT2D eigenvalue weighted by Gasteiger charge is 2.07. The number of ether oxygens (including phenoxy) is 2. The molecule has 2 aromatic rings. The molecule has 1 unspecified atom stereocenters. The van der Waals surface area contributed by atoms with Crippen molar-refractivity contribution in [3.05, 3.63) is 53.6 Å². The van der Waals surface area contributed by atoms with Crippen molar-refractivity contribution in [1.82, 2.24) is 5.32 Å². The highest BCUT2D eigenvalue weighted by Crippen LogP contribution is 2.27. The molecule has 0 aliphatic carbocycles. The SMILES string of the molecule is COc1ccc(CCNCC(O)c2ccc(O)cc2)cc1OC.Cl. The number of hydrogen-bond donors (Lipinski definition) is 3. The summed E-state index contributed by atoms with van der Waals surface area (Å²) in [5, 5.41) is 22.5. The number of aliphatic hydroxyl groups is 1. The molecule has 5 nitrogen and oxygen atoms in total. The number of aliphatic hydroxyl groups excluding tert-OH is 1. The van der Waals surface area contributed by atoms with Gasteiger partial charge in [0.05, 0.1) is 20.3 Å². The number of phenols is 1. The van der Waals surface area contributed by atoms with Crippen LogP contribution in [-0.2, 0) is 6.42 Å². The monoisotopic (exact) mass is 353 g/mol. The fourth-order valence-electron chi connectivity index (χ4n) is 2.32. The molecule has 0 spiro atoms. The Balaban J connectivity index is 0.00000288. The summed E-state index contributed by atoms with van der Waals surface area (Å²) in [5.41, 5.74) is 1.91. The van der Waals surface area contributed by atoms with E-state index in [0.29, 0.717) is 18.0 Å². The van der Waals surface area contributed by atoms with Crippen LogP contribution in [0.1, 0.15) is 17.2 Å². The van der Waals surface area contributed by atoms with Gasteiger partial charge in [0.15, 0.2) is 11.5 Å². The van der Waals surface area contributed by atoms with Crippen LogP contribution in [-0.4, -0.2) is 37.5 Å². The zero-order valence-corrected chi connectivity index (χ0v) is 14.7. The van der Waals surface area contributed by atoms with E-state index in [-0.39, 0.29) is 18.2 Å². The minimum Gasteiger partial charge on any atom is -0.508 e. The number of benzene rings is 2. The van der Waals surface area contributed by atoms with Crippen LogP contribution in [0, 0.1) is 0 Å². The zero-order valence-electron chi connectivity index (χ0n) is 13.9. The Labute approximate surface area is 148 Å². The maximum atomic E-state index is 10.1. The number of hydrogen-bond acceptors (Lipinski definition) is 5. The van der Waals surface area contributed by atoms with Crippen molar-refractivity contribution in [2.45, 2.75) is 12.5 Å². The normalized spacial score (nSPS) is 11.5. The van der Waals surface area contributed by atoms with Gasteiger partial charge in [-0.2, -0.15) is 0 Å². The van der Waals surface area contributed by atoms with Gasteiger partial charge in [0.1, 0.15) is 5.75 Å². The molecule has 0 radical (unpaired) electrons. The second-order valence-corrected chi connectivity index (χ2v) is 5.25. The third-order valence-electron chi connectivity index (χ3n) is 3.65. The van der Waals surface area contributed by atoms with E-state index < -0.39 is 6.10 Å². The van der Waals surface area contributed by atoms with Gasteiger partial charge in [-0.25, -0.2) is 0 Å². The van der Waals surface area contributed by atoms with Crippen molar-refractivity contribution in [2.24, 2.45) is 0 Å². The number of aromatic hydroxyl groups is 1. The van der Waals surface area contributed by atoms with E-state index in [1.807, 2.05) is 18.2 Å². The maximum Gasteiger partial charge on any atom is 0.160 e. The van der Waals surface area contributed by atoms with Crippen molar-refractivity contribution in [1.29, 1.82) is 0 Å². The standard InChI is InChI=1S/C18H23NO4.ClH/c1-22-17-8-3-13(11-18(17)23-2)9-10-19-12-16(21)14-4-6-15(20)7-5-14;/h3-8,11,16,19-21H,9-10,12H2,1-2H3;1H. The summed E-state index contributed by atoms with van der Waals surface area (Å²) in [6.45, 7) is 1.20. The van der Waals surface area contributed by atoms with Crippen LogP contribution in [0.5, 0.6) is 17.2 Å². The van der Waals surface area contributed by atoms with Crippen molar-refractivity contribution in [3.8, 4) is 17.2 Å². The Morgan fingerprint density at radius 3 is 2.29 bits per heavy atom. The average Bonchev–Trinajstić information content (AvgIpc) is 2.58. The van der Waals surface area contributed by atoms with Gasteiger partial charge in [-0.05, 0) is 48.4 Å². The van der Waals surface area contributed by atoms with Gasteiger partial charge in [-0.3, -0.25) is 0 Å². The van der Waals surface area contributed by atoms with E-state index in [1.54, 1.807) is 38.5 Å². The Hall–Kier alpha value is -1.95. The minimum atomic E-state index is -0.596. The summed E-state index contributed by atoms with van der Waals surface area (Å²) in [6, 6.07) is 12.4. The molecule has 132 valence electrons. The molecule has 0 saturated carbocycles. The van der Waals surface area contributed by atoms with Gasteiger partial charge < -0.3 is 25.0 Å². The molecule has 0 heterocycles. The van der Waals surface area contributed by atoms with Crippen LogP contribution < -0.4 is 14.8 Å². The van der Waals surface area contributed by atoms with Gasteiger partial charge in [-0.15, -0.1) is 12.4 Å². The molecule has 1 atom stereocenters. The lowest BCUT2D eigenvalue weighted by Crippen LogP contribution is -2.23. The molecule has 2 rings (SSSR count). The average molecular weight is 354 g/mol. The van der Waals surface area contributed by atoms with E-state index in [1.165, 1.54) is 0 Å². The van der Waals surface area contributed by atoms with Crippen molar-refractivity contribution in [3.63, 3.8) is 0 Å². The first kappa shape index (κ1) is 20.1. The molecular formula is C18H24ClNO4. The smallest absolute Gasteiger partial charge is 0.160 e. The molecule has 24 heavy (non-hydrogen) atoms. The third-order valence-corrected chi connectivity index (χ3v) is 3.65. The second-order valence-electron chi connectivity index (χ2n) is 5.25. The zero-order chi connectivity index (χ0) is 16.7. The summed E-state index contributed by atoms with van der Waals surface area (Å²) in [5.74, 6) is 1.63. The van der Waals surface area contributed by atoms with Crippen molar-refractivity contribution in [2.75, 3.05) is 27.3 Å². The number of nitrogens with one attached hydrogen (secondary N) is 1. The van der Waals surface area contributed by atoms with Crippen LogP contribution in [0.25, 0.3) is 0 Å². The Kier molecular flexibility index (Phi) is 8.40. The Bertz CT molecular complexity index is 619. The van der Waals surface area contributed by atoms with E-state index >= 15 is 0 Å². The first-order valence-corrected chi connectivity index (χ1v) is 7.52. The molecule has 0 aliphatic heterocycles. The number of methoxy groups -OCH3 is 2. The van der Waals surface area contributed by atoms with E-state index in [4.69, 9.17) is 9.47 Å². The van der Waals surface area contributed by atoms with Gasteiger partial charge in [0, 0.05) is 6.54 Å². The van der Waals surface area contributed by atoms with Gasteiger partial charge in [0.25, 0.3) is 0 Å². The van der Waals surface area contributed by atoms with E-state index in [2.05, 4.69) is 5.32 Å². The van der Waals surface area contributed by atoms with Crippen LogP contribution in [0.2, 0.25) is 0 Å². The third kappa shape index (κ3) is 5.60. The largest absolute Gasteiger partial charge is 0.508 e. The molecule has 0 bridgehead atoms. The fraction of sp³-hybridized carbons (Fsp3) is 0.333. The highest BCUT2D eigenvalue weighted by atomic mass is 35.5. The minimum absolute atomic E-state index is 0. The lowest BCUT2D eigenvalue weighted by atomic mass is 10.1. The Morgan fingerprint density at radius 1 is 1.00 bits per heavy atom. The summed E-state index contributed by atoms with van der Waals surface area (Å²) < 4.78 is 10.5. The lowest BCUT2D eigenvalue weighted by Gasteiger charge is -2.13. The fourth-order valence-corrected chi connectivity index (χ4v) is 2.32. The molecule has 0 aliphatic rings. The number of rotatable bonds is 8. The molecule has 0 amide bonds. The van der Waals surface area contributed by atoms with Gasteiger partial charge in [-0.1, -0.05) is 18.2 Å². The molecular weight excluding hydrogens is 330 g/mol. The summed E-state index contributed by atoms with van der Waals surface area (Å²) in [6.07, 6.45) is 0.226. The Morgan fingerprint density at radius 2 is 1.67 bits per heavy atom. The predicted octanol–water partition coefficient (Wildman–Crippen LogP) is 2.70. The lowest BCUT2D eigenvalue weighted by molar-refractivity contribution is 0.175. The molecule has 3 N–H and O–H groups in total. The van der Waals surface area contributed by atoms with E-state index in [9.17, 15) is 10.2 Å². The molecule has 2 aromatic carbocycles. The summed E-state index contributed by atoms with van der Waals surface area (Å²) in [7, 11) is 3.23. The van der Waals surface area contributed by atoms with Gasteiger partial charge in [0.2, 0.25) is 0 Å². The number of phenolic OH excluding ortho intramolecular Hbond substituents is 1. The van der Waals surface area contributed by atoms with E-state index in [0.717, 1.165) is 24.1 Å². The summed E-state index contributed by atoms with van der Waals surface area (Å²) in [4.78, 5) is 0. The molecule has 0 saturated heterocycles. The predicted molar refractivity (Wildman–Crippen MR) is 96.4 cm³/mol. The summed E-state index contributed by atoms with van der Waals surface area (Å²) >= 11 is 0. The highest BCUT2D eigenvalue weighted by molar-refractivity contribution is 5.85. The first-order chi connectivity index (χ1) is 11.1. The maximum absolute atomic E-state index is 10.1. The topological polar surface area (TPSA) is 71.0 Å². The van der Waals surface area contributed by atoms with Crippen LogP contribution in [0.3, 0.4) is 0 Å². The van der Waals surface area contributed by atoms with Crippen LogP contribution >= 0.6 is 12.4 Å².